The molecule has 0 spiro atoms. The number of fused-ring (bicyclic) bond motifs is 1. The van der Waals surface area contributed by atoms with E-state index in [4.69, 9.17) is 0 Å². The first kappa shape index (κ1) is 20.8. The molecular formula is C25H29N5O2. The SMILES string of the molecule is O=C(c1cn(CC2(O)CCN(Cc3ccccc3)CC2)nn1)N1CCc2ccccc2C1. The third-order valence-corrected chi connectivity index (χ3v) is 6.67. The van der Waals surface area contributed by atoms with Crippen LogP contribution in [-0.4, -0.2) is 61.0 Å². The van der Waals surface area contributed by atoms with Gasteiger partial charge in [-0.05, 0) is 36.0 Å². The van der Waals surface area contributed by atoms with E-state index in [0.717, 1.165) is 26.1 Å². The van der Waals surface area contributed by atoms with Gasteiger partial charge in [0.25, 0.3) is 5.91 Å². The van der Waals surface area contributed by atoms with Crippen LogP contribution in [0, 0.1) is 0 Å². The maximum Gasteiger partial charge on any atom is 0.276 e. The fourth-order valence-electron chi connectivity index (χ4n) is 4.73. The molecular weight excluding hydrogens is 402 g/mol. The van der Waals surface area contributed by atoms with E-state index in [0.29, 0.717) is 38.2 Å². The molecule has 0 saturated carbocycles. The molecule has 1 amide bonds. The van der Waals surface area contributed by atoms with Crippen LogP contribution >= 0.6 is 0 Å². The number of aliphatic hydroxyl groups is 1. The number of hydrogen-bond donors (Lipinski definition) is 1. The average Bonchev–Trinajstić information content (AvgIpc) is 3.28. The summed E-state index contributed by atoms with van der Waals surface area (Å²) >= 11 is 0. The van der Waals surface area contributed by atoms with Crippen molar-refractivity contribution in [3.05, 3.63) is 83.2 Å². The second-order valence-corrected chi connectivity index (χ2v) is 9.03. The summed E-state index contributed by atoms with van der Waals surface area (Å²) in [7, 11) is 0. The molecule has 0 unspecified atom stereocenters. The maximum absolute atomic E-state index is 13.0. The lowest BCUT2D eigenvalue weighted by atomic mass is 9.91. The molecule has 7 nitrogen and oxygen atoms in total. The highest BCUT2D eigenvalue weighted by Crippen LogP contribution is 2.25. The number of piperidine rings is 1. The van der Waals surface area contributed by atoms with Crippen molar-refractivity contribution < 1.29 is 9.90 Å². The van der Waals surface area contributed by atoms with E-state index in [9.17, 15) is 9.90 Å². The van der Waals surface area contributed by atoms with Gasteiger partial charge in [-0.25, -0.2) is 4.68 Å². The number of nitrogens with zero attached hydrogens (tertiary/aromatic N) is 5. The number of amides is 1. The fraction of sp³-hybridized carbons (Fsp3) is 0.400. The lowest BCUT2D eigenvalue weighted by Gasteiger charge is -2.38. The van der Waals surface area contributed by atoms with Gasteiger partial charge in [0.1, 0.15) is 0 Å². The number of aromatic nitrogens is 3. The molecule has 1 N–H and O–H groups in total. The molecule has 2 aromatic carbocycles. The summed E-state index contributed by atoms with van der Waals surface area (Å²) in [5, 5.41) is 19.4. The normalized spacial score (nSPS) is 18.3. The Morgan fingerprint density at radius 3 is 2.47 bits per heavy atom. The van der Waals surface area contributed by atoms with Crippen LogP contribution in [-0.2, 0) is 26.1 Å². The molecule has 7 heteroatoms. The van der Waals surface area contributed by atoms with E-state index < -0.39 is 5.60 Å². The summed E-state index contributed by atoms with van der Waals surface area (Å²) in [6.45, 7) is 4.21. The molecule has 0 radical (unpaired) electrons. The molecule has 1 fully saturated rings. The van der Waals surface area contributed by atoms with Gasteiger partial charge in [0.15, 0.2) is 5.69 Å². The molecule has 1 aromatic heterocycles. The Hall–Kier alpha value is -3.03. The third kappa shape index (κ3) is 4.59. The fourth-order valence-corrected chi connectivity index (χ4v) is 4.73. The van der Waals surface area contributed by atoms with Crippen molar-refractivity contribution in [2.45, 2.75) is 44.5 Å². The minimum absolute atomic E-state index is 0.101. The zero-order valence-corrected chi connectivity index (χ0v) is 18.2. The van der Waals surface area contributed by atoms with Crippen LogP contribution in [0.2, 0.25) is 0 Å². The highest BCUT2D eigenvalue weighted by molar-refractivity contribution is 5.92. The van der Waals surface area contributed by atoms with Crippen molar-refractivity contribution in [3.8, 4) is 0 Å². The first-order chi connectivity index (χ1) is 15.6. The molecule has 2 aliphatic rings. The lowest BCUT2D eigenvalue weighted by Crippen LogP contribution is -2.46. The second-order valence-electron chi connectivity index (χ2n) is 9.03. The Bertz CT molecular complexity index is 1070. The van der Waals surface area contributed by atoms with Crippen LogP contribution < -0.4 is 0 Å². The maximum atomic E-state index is 13.0. The van der Waals surface area contributed by atoms with Gasteiger partial charge in [-0.15, -0.1) is 5.10 Å². The van der Waals surface area contributed by atoms with E-state index in [1.807, 2.05) is 23.1 Å². The number of carbonyl (C=O) groups is 1. The molecule has 2 aliphatic heterocycles. The van der Waals surface area contributed by atoms with E-state index in [2.05, 4.69) is 51.6 Å². The number of carbonyl (C=O) groups excluding carboxylic acids is 1. The molecule has 3 heterocycles. The molecule has 3 aromatic rings. The number of hydrogen-bond acceptors (Lipinski definition) is 5. The minimum atomic E-state index is -0.828. The number of rotatable bonds is 5. The minimum Gasteiger partial charge on any atom is -0.388 e. The zero-order chi connectivity index (χ0) is 22.0. The van der Waals surface area contributed by atoms with Crippen molar-refractivity contribution in [2.75, 3.05) is 19.6 Å². The van der Waals surface area contributed by atoms with Gasteiger partial charge >= 0.3 is 0 Å². The van der Waals surface area contributed by atoms with E-state index in [1.165, 1.54) is 16.7 Å². The van der Waals surface area contributed by atoms with Crippen LogP contribution in [0.15, 0.2) is 60.8 Å². The predicted octanol–water partition coefficient (Wildman–Crippen LogP) is 2.50. The van der Waals surface area contributed by atoms with E-state index in [1.54, 1.807) is 10.9 Å². The van der Waals surface area contributed by atoms with Crippen molar-refractivity contribution in [1.29, 1.82) is 0 Å². The number of likely N-dealkylation sites (tertiary alicyclic amines) is 1. The quantitative estimate of drug-likeness (QED) is 0.672. The first-order valence-electron chi connectivity index (χ1n) is 11.3. The Kier molecular flexibility index (Phi) is 5.76. The van der Waals surface area contributed by atoms with Crippen LogP contribution in [0.4, 0.5) is 0 Å². The van der Waals surface area contributed by atoms with Gasteiger partial charge in [-0.1, -0.05) is 59.8 Å². The molecule has 32 heavy (non-hydrogen) atoms. The smallest absolute Gasteiger partial charge is 0.276 e. The molecule has 0 aliphatic carbocycles. The van der Waals surface area contributed by atoms with Gasteiger partial charge in [0, 0.05) is 32.7 Å². The Morgan fingerprint density at radius 2 is 1.69 bits per heavy atom. The average molecular weight is 432 g/mol. The largest absolute Gasteiger partial charge is 0.388 e. The summed E-state index contributed by atoms with van der Waals surface area (Å²) < 4.78 is 1.62. The van der Waals surface area contributed by atoms with E-state index >= 15 is 0 Å². The van der Waals surface area contributed by atoms with Gasteiger partial charge in [-0.3, -0.25) is 9.69 Å². The molecule has 166 valence electrons. The summed E-state index contributed by atoms with van der Waals surface area (Å²) in [6.07, 6.45) is 3.88. The van der Waals surface area contributed by atoms with Gasteiger partial charge in [0.05, 0.1) is 18.3 Å². The molecule has 0 atom stereocenters. The molecule has 0 bridgehead atoms. The Labute approximate surface area is 188 Å². The van der Waals surface area contributed by atoms with Crippen molar-refractivity contribution in [3.63, 3.8) is 0 Å². The van der Waals surface area contributed by atoms with Crippen LogP contribution in [0.1, 0.15) is 40.0 Å². The standard InChI is InChI=1S/C25H29N5O2/c31-24(29-13-10-21-8-4-5-9-22(21)17-29)23-18-30(27-26-23)19-25(32)11-14-28(15-12-25)16-20-6-2-1-3-7-20/h1-9,18,32H,10-17,19H2. The van der Waals surface area contributed by atoms with Gasteiger partial charge in [0.2, 0.25) is 0 Å². The van der Waals surface area contributed by atoms with Gasteiger partial charge in [-0.2, -0.15) is 0 Å². The van der Waals surface area contributed by atoms with Gasteiger partial charge < -0.3 is 10.0 Å². The predicted molar refractivity (Wildman–Crippen MR) is 121 cm³/mol. The highest BCUT2D eigenvalue weighted by atomic mass is 16.3. The Balaban J connectivity index is 1.17. The first-order valence-corrected chi connectivity index (χ1v) is 11.3. The summed E-state index contributed by atoms with van der Waals surface area (Å²) in [6, 6.07) is 18.7. The van der Waals surface area contributed by atoms with Crippen molar-refractivity contribution in [2.24, 2.45) is 0 Å². The Morgan fingerprint density at radius 1 is 0.969 bits per heavy atom. The van der Waals surface area contributed by atoms with Crippen molar-refractivity contribution >= 4 is 5.91 Å². The highest BCUT2D eigenvalue weighted by Gasteiger charge is 2.33. The lowest BCUT2D eigenvalue weighted by molar-refractivity contribution is -0.0383. The third-order valence-electron chi connectivity index (χ3n) is 6.67. The van der Waals surface area contributed by atoms with E-state index in [-0.39, 0.29) is 5.91 Å². The zero-order valence-electron chi connectivity index (χ0n) is 18.2. The van der Waals surface area contributed by atoms with Crippen LogP contribution in [0.3, 0.4) is 0 Å². The monoisotopic (exact) mass is 431 g/mol. The second kappa shape index (κ2) is 8.84. The summed E-state index contributed by atoms with van der Waals surface area (Å²) in [5.74, 6) is -0.101. The molecule has 5 rings (SSSR count). The van der Waals surface area contributed by atoms with Crippen LogP contribution in [0.25, 0.3) is 0 Å². The summed E-state index contributed by atoms with van der Waals surface area (Å²) in [4.78, 5) is 17.1. The van der Waals surface area contributed by atoms with Crippen LogP contribution in [0.5, 0.6) is 0 Å². The summed E-state index contributed by atoms with van der Waals surface area (Å²) in [5.41, 5.74) is 3.30. The van der Waals surface area contributed by atoms with Crippen molar-refractivity contribution in [1.82, 2.24) is 24.8 Å². The number of benzene rings is 2. The molecule has 1 saturated heterocycles. The topological polar surface area (TPSA) is 74.5 Å².